The van der Waals surface area contributed by atoms with Crippen LogP contribution in [0.4, 0.5) is 5.69 Å². The van der Waals surface area contributed by atoms with Crippen molar-refractivity contribution >= 4 is 17.4 Å². The van der Waals surface area contributed by atoms with E-state index in [1.807, 2.05) is 0 Å². The molecule has 0 N–H and O–H groups in total. The van der Waals surface area contributed by atoms with E-state index >= 15 is 0 Å². The second kappa shape index (κ2) is 7.98. The van der Waals surface area contributed by atoms with Crippen LogP contribution in [-0.2, 0) is 14.3 Å². The van der Waals surface area contributed by atoms with Crippen molar-refractivity contribution in [3.05, 3.63) is 33.9 Å². The number of ether oxygens (including phenoxy) is 2. The van der Waals surface area contributed by atoms with E-state index in [1.165, 1.54) is 12.1 Å². The van der Waals surface area contributed by atoms with E-state index in [0.717, 1.165) is 5.56 Å². The van der Waals surface area contributed by atoms with Crippen molar-refractivity contribution in [1.82, 2.24) is 0 Å². The molecule has 0 fully saturated rings. The highest BCUT2D eigenvalue weighted by molar-refractivity contribution is 5.84. The molecule has 0 heterocycles. The number of carbonyl (C=O) groups is 2. The summed E-state index contributed by atoms with van der Waals surface area (Å²) in [5, 5.41) is 10.9. The first-order valence-corrected chi connectivity index (χ1v) is 6.49. The van der Waals surface area contributed by atoms with Gasteiger partial charge in [-0.3, -0.25) is 19.7 Å². The zero-order valence-electron chi connectivity index (χ0n) is 12.0. The van der Waals surface area contributed by atoms with E-state index in [-0.39, 0.29) is 43.3 Å². The predicted octanol–water partition coefficient (Wildman–Crippen LogP) is 2.19. The Kier molecular flexibility index (Phi) is 6.32. The monoisotopic (exact) mass is 295 g/mol. The lowest BCUT2D eigenvalue weighted by atomic mass is 10.2. The Morgan fingerprint density at radius 3 is 2.62 bits per heavy atom. The molecule has 1 aromatic rings. The predicted molar refractivity (Wildman–Crippen MR) is 74.2 cm³/mol. The smallest absolute Gasteiger partial charge is 0.311 e. The molecule has 0 saturated heterocycles. The summed E-state index contributed by atoms with van der Waals surface area (Å²) in [5.41, 5.74) is 0.538. The highest BCUT2D eigenvalue weighted by atomic mass is 16.6. The van der Waals surface area contributed by atoms with Crippen molar-refractivity contribution in [3.8, 4) is 5.75 Å². The molecule has 21 heavy (non-hydrogen) atoms. The quantitative estimate of drug-likeness (QED) is 0.414. The van der Waals surface area contributed by atoms with Crippen LogP contribution in [0.1, 0.15) is 25.3 Å². The third-order valence-corrected chi connectivity index (χ3v) is 2.61. The summed E-state index contributed by atoms with van der Waals surface area (Å²) in [7, 11) is 0. The average molecular weight is 295 g/mol. The average Bonchev–Trinajstić information content (AvgIpc) is 2.44. The number of rotatable bonds is 8. The maximum absolute atomic E-state index is 11.6. The van der Waals surface area contributed by atoms with Crippen molar-refractivity contribution in [2.24, 2.45) is 0 Å². The number of hydrogen-bond acceptors (Lipinski definition) is 6. The number of carbonyl (C=O) groups excluding carboxylic acids is 2. The molecule has 0 aliphatic heterocycles. The van der Waals surface area contributed by atoms with Gasteiger partial charge in [-0.2, -0.15) is 0 Å². The summed E-state index contributed by atoms with van der Waals surface area (Å²) >= 11 is 0. The molecule has 0 radical (unpaired) electrons. The van der Waals surface area contributed by atoms with Crippen LogP contribution in [0.15, 0.2) is 18.2 Å². The second-order valence-electron chi connectivity index (χ2n) is 4.36. The first kappa shape index (κ1) is 16.6. The molecule has 1 rings (SSSR count). The first-order chi connectivity index (χ1) is 9.93. The number of nitro benzene ring substituents is 1. The Labute approximate surface area is 122 Å². The van der Waals surface area contributed by atoms with Gasteiger partial charge in [0.05, 0.1) is 18.0 Å². The lowest BCUT2D eigenvalue weighted by Crippen LogP contribution is -2.14. The van der Waals surface area contributed by atoms with Gasteiger partial charge in [-0.05, 0) is 25.5 Å². The number of nitro groups is 1. The molecular formula is C14H17NO6. The summed E-state index contributed by atoms with van der Waals surface area (Å²) in [5.74, 6) is -0.736. The van der Waals surface area contributed by atoms with Gasteiger partial charge in [0.2, 0.25) is 0 Å². The lowest BCUT2D eigenvalue weighted by Gasteiger charge is -2.06. The lowest BCUT2D eigenvalue weighted by molar-refractivity contribution is -0.385. The third kappa shape index (κ3) is 5.60. The first-order valence-electron chi connectivity index (χ1n) is 6.49. The second-order valence-corrected chi connectivity index (χ2v) is 4.36. The Morgan fingerprint density at radius 1 is 1.29 bits per heavy atom. The van der Waals surface area contributed by atoms with Crippen LogP contribution in [0, 0.1) is 17.0 Å². The molecule has 0 amide bonds. The van der Waals surface area contributed by atoms with Crippen LogP contribution in [0.25, 0.3) is 0 Å². The molecule has 7 nitrogen and oxygen atoms in total. The van der Waals surface area contributed by atoms with Gasteiger partial charge in [0, 0.05) is 12.5 Å². The van der Waals surface area contributed by atoms with Crippen molar-refractivity contribution in [1.29, 1.82) is 0 Å². The van der Waals surface area contributed by atoms with E-state index in [9.17, 15) is 19.7 Å². The third-order valence-electron chi connectivity index (χ3n) is 2.61. The normalized spacial score (nSPS) is 10.0. The van der Waals surface area contributed by atoms with Crippen LogP contribution < -0.4 is 4.74 Å². The fraction of sp³-hybridized carbons (Fsp3) is 0.429. The van der Waals surface area contributed by atoms with Crippen LogP contribution >= 0.6 is 0 Å². The molecule has 0 aromatic heterocycles. The van der Waals surface area contributed by atoms with Crippen molar-refractivity contribution < 1.29 is 24.0 Å². The molecule has 7 heteroatoms. The van der Waals surface area contributed by atoms with E-state index in [2.05, 4.69) is 0 Å². The number of aryl methyl sites for hydroxylation is 1. The number of Topliss-reactive ketones (excluding diaryl/α,β-unsaturated/α-hetero) is 1. The molecule has 1 aromatic carbocycles. The summed E-state index contributed by atoms with van der Waals surface area (Å²) in [6, 6.07) is 4.48. The Morgan fingerprint density at radius 2 is 2.00 bits per heavy atom. The maximum atomic E-state index is 11.6. The van der Waals surface area contributed by atoms with Gasteiger partial charge >= 0.3 is 11.7 Å². The van der Waals surface area contributed by atoms with Gasteiger partial charge < -0.3 is 9.47 Å². The molecular weight excluding hydrogens is 278 g/mol. The molecule has 114 valence electrons. The van der Waals surface area contributed by atoms with E-state index in [1.54, 1.807) is 19.9 Å². The fourth-order valence-electron chi connectivity index (χ4n) is 1.60. The van der Waals surface area contributed by atoms with E-state index in [4.69, 9.17) is 9.47 Å². The molecule has 0 aliphatic rings. The maximum Gasteiger partial charge on any atom is 0.311 e. The van der Waals surface area contributed by atoms with Gasteiger partial charge in [0.25, 0.3) is 0 Å². The van der Waals surface area contributed by atoms with Crippen LogP contribution in [0.2, 0.25) is 0 Å². The number of benzene rings is 1. The summed E-state index contributed by atoms with van der Waals surface area (Å²) in [6.07, 6.45) is -0.0372. The minimum atomic E-state index is -0.564. The largest absolute Gasteiger partial charge is 0.479 e. The molecule has 0 unspecified atom stereocenters. The van der Waals surface area contributed by atoms with Crippen molar-refractivity contribution in [2.75, 3.05) is 13.2 Å². The van der Waals surface area contributed by atoms with E-state index < -0.39 is 10.9 Å². The van der Waals surface area contributed by atoms with Gasteiger partial charge in [0.1, 0.15) is 6.61 Å². The minimum Gasteiger partial charge on any atom is -0.479 e. The van der Waals surface area contributed by atoms with Crippen LogP contribution in [-0.4, -0.2) is 29.9 Å². The number of esters is 1. The standard InChI is InChI=1S/C14H17NO6/c1-3-20-14(17)7-5-11(16)9-21-13-6-4-10(2)8-12(13)15(18)19/h4,6,8H,3,5,7,9H2,1-2H3. The summed E-state index contributed by atoms with van der Waals surface area (Å²) < 4.78 is 9.86. The molecule has 0 bridgehead atoms. The van der Waals surface area contributed by atoms with Gasteiger partial charge in [0.15, 0.2) is 11.5 Å². The summed E-state index contributed by atoms with van der Waals surface area (Å²) in [6.45, 7) is 3.35. The van der Waals surface area contributed by atoms with Gasteiger partial charge in [-0.25, -0.2) is 0 Å². The van der Waals surface area contributed by atoms with Crippen molar-refractivity contribution in [2.45, 2.75) is 26.7 Å². The molecule has 0 aliphatic carbocycles. The van der Waals surface area contributed by atoms with Crippen molar-refractivity contribution in [3.63, 3.8) is 0 Å². The zero-order chi connectivity index (χ0) is 15.8. The minimum absolute atomic E-state index is 0.0154. The topological polar surface area (TPSA) is 95.7 Å². The molecule has 0 atom stereocenters. The highest BCUT2D eigenvalue weighted by Crippen LogP contribution is 2.27. The molecule has 0 spiro atoms. The van der Waals surface area contributed by atoms with Crippen LogP contribution in [0.5, 0.6) is 5.75 Å². The number of nitrogens with zero attached hydrogens (tertiary/aromatic N) is 1. The Hall–Kier alpha value is -2.44. The zero-order valence-corrected chi connectivity index (χ0v) is 12.0. The summed E-state index contributed by atoms with van der Waals surface area (Å²) in [4.78, 5) is 33.0. The van der Waals surface area contributed by atoms with Gasteiger partial charge in [-0.1, -0.05) is 6.07 Å². The number of hydrogen-bond donors (Lipinski definition) is 0. The van der Waals surface area contributed by atoms with E-state index in [0.29, 0.717) is 0 Å². The SMILES string of the molecule is CCOC(=O)CCC(=O)COc1ccc(C)cc1[N+](=O)[O-]. The Bertz CT molecular complexity index is 540. The molecule has 0 saturated carbocycles. The fourth-order valence-corrected chi connectivity index (χ4v) is 1.60. The van der Waals surface area contributed by atoms with Crippen LogP contribution in [0.3, 0.4) is 0 Å². The Balaban J connectivity index is 2.53. The highest BCUT2D eigenvalue weighted by Gasteiger charge is 2.16. The number of ketones is 1. The van der Waals surface area contributed by atoms with Gasteiger partial charge in [-0.15, -0.1) is 0 Å².